The molecule has 0 saturated carbocycles. The molecule has 28 heavy (non-hydrogen) atoms. The maximum atomic E-state index is 12.9. The first kappa shape index (κ1) is 18.8. The lowest BCUT2D eigenvalue weighted by Gasteiger charge is -2.31. The maximum Gasteiger partial charge on any atom is 0.166 e. The number of methoxy groups -OCH3 is 1. The van der Waals surface area contributed by atoms with E-state index in [1.54, 1.807) is 7.11 Å². The molecule has 2 aromatic rings. The van der Waals surface area contributed by atoms with E-state index in [9.17, 15) is 4.79 Å². The normalized spacial score (nSPS) is 17.3. The molecule has 2 aromatic carbocycles. The average molecular weight is 381 g/mol. The summed E-state index contributed by atoms with van der Waals surface area (Å²) in [5.41, 5.74) is 2.05. The van der Waals surface area contributed by atoms with Crippen LogP contribution < -0.4 is 14.2 Å². The smallest absolute Gasteiger partial charge is 0.166 e. The molecule has 4 rings (SSSR count). The van der Waals surface area contributed by atoms with Gasteiger partial charge >= 0.3 is 0 Å². The molecule has 148 valence electrons. The maximum absolute atomic E-state index is 12.9. The van der Waals surface area contributed by atoms with Crippen LogP contribution in [0.3, 0.4) is 0 Å². The van der Waals surface area contributed by atoms with Gasteiger partial charge in [0.25, 0.3) is 0 Å². The Hall–Kier alpha value is -2.53. The van der Waals surface area contributed by atoms with Crippen molar-refractivity contribution in [1.82, 2.24) is 4.90 Å². The zero-order valence-electron chi connectivity index (χ0n) is 16.4. The van der Waals surface area contributed by atoms with Crippen molar-refractivity contribution >= 4 is 5.78 Å². The molecule has 5 heteroatoms. The molecule has 0 atom stereocenters. The number of fused-ring (bicyclic) bond motifs is 1. The van der Waals surface area contributed by atoms with Crippen molar-refractivity contribution in [3.8, 4) is 17.2 Å². The van der Waals surface area contributed by atoms with E-state index >= 15 is 0 Å². The zero-order chi connectivity index (χ0) is 19.3. The van der Waals surface area contributed by atoms with Gasteiger partial charge in [0.15, 0.2) is 17.3 Å². The molecular weight excluding hydrogens is 354 g/mol. The molecule has 2 heterocycles. The van der Waals surface area contributed by atoms with Crippen molar-refractivity contribution in [3.05, 3.63) is 53.6 Å². The van der Waals surface area contributed by atoms with Crippen LogP contribution in [0.2, 0.25) is 0 Å². The van der Waals surface area contributed by atoms with Gasteiger partial charge in [-0.2, -0.15) is 0 Å². The first-order valence-electron chi connectivity index (χ1n) is 10.0. The van der Waals surface area contributed by atoms with E-state index in [0.29, 0.717) is 19.0 Å². The van der Waals surface area contributed by atoms with Crippen LogP contribution in [0.25, 0.3) is 0 Å². The first-order valence-corrected chi connectivity index (χ1v) is 10.0. The van der Waals surface area contributed by atoms with E-state index in [4.69, 9.17) is 14.2 Å². The summed E-state index contributed by atoms with van der Waals surface area (Å²) < 4.78 is 16.4. The Morgan fingerprint density at radius 2 is 1.75 bits per heavy atom. The number of rotatable bonds is 6. The highest BCUT2D eigenvalue weighted by Crippen LogP contribution is 2.32. The highest BCUT2D eigenvalue weighted by molar-refractivity contribution is 5.98. The minimum atomic E-state index is 0.0970. The van der Waals surface area contributed by atoms with Crippen molar-refractivity contribution < 1.29 is 19.0 Å². The number of carbonyl (C=O) groups is 1. The number of likely N-dealkylation sites (tertiary alicyclic amines) is 1. The molecule has 0 N–H and O–H groups in total. The lowest BCUT2D eigenvalue weighted by molar-refractivity contribution is 0.0840. The van der Waals surface area contributed by atoms with Crippen LogP contribution in [-0.4, -0.2) is 50.6 Å². The second-order valence-corrected chi connectivity index (χ2v) is 7.44. The van der Waals surface area contributed by atoms with Crippen molar-refractivity contribution in [1.29, 1.82) is 0 Å². The highest BCUT2D eigenvalue weighted by Gasteiger charge is 2.26. The summed E-state index contributed by atoms with van der Waals surface area (Å²) in [6.45, 7) is 4.07. The van der Waals surface area contributed by atoms with Crippen molar-refractivity contribution in [3.63, 3.8) is 0 Å². The third-order valence-electron chi connectivity index (χ3n) is 5.66. The molecule has 2 aliphatic heterocycles. The number of ketones is 1. The van der Waals surface area contributed by atoms with Crippen LogP contribution in [0.5, 0.6) is 17.2 Å². The van der Waals surface area contributed by atoms with Crippen molar-refractivity contribution in [2.24, 2.45) is 5.92 Å². The van der Waals surface area contributed by atoms with Gasteiger partial charge in [0.1, 0.15) is 19.0 Å². The molecule has 0 unspecified atom stereocenters. The van der Waals surface area contributed by atoms with E-state index in [0.717, 1.165) is 56.0 Å². The molecule has 0 spiro atoms. The predicted molar refractivity (Wildman–Crippen MR) is 108 cm³/mol. The molecular formula is C23H27NO4. The SMILES string of the molecule is COc1ccc(CCN2CCC(C(=O)c3ccc4c(c3)OCCO4)CC2)cc1. The molecule has 1 fully saturated rings. The van der Waals surface area contributed by atoms with Crippen LogP contribution in [0.15, 0.2) is 42.5 Å². The van der Waals surface area contributed by atoms with Gasteiger partial charge in [-0.25, -0.2) is 0 Å². The molecule has 0 radical (unpaired) electrons. The Morgan fingerprint density at radius 1 is 1.04 bits per heavy atom. The fourth-order valence-corrected chi connectivity index (χ4v) is 3.93. The number of nitrogens with zero attached hydrogens (tertiary/aromatic N) is 1. The number of ether oxygens (including phenoxy) is 3. The Bertz CT molecular complexity index is 810. The average Bonchev–Trinajstić information content (AvgIpc) is 2.77. The van der Waals surface area contributed by atoms with E-state index in [2.05, 4.69) is 17.0 Å². The second-order valence-electron chi connectivity index (χ2n) is 7.44. The van der Waals surface area contributed by atoms with Crippen LogP contribution in [0, 0.1) is 5.92 Å². The second kappa shape index (κ2) is 8.65. The summed E-state index contributed by atoms with van der Waals surface area (Å²) >= 11 is 0. The topological polar surface area (TPSA) is 48.0 Å². The van der Waals surface area contributed by atoms with E-state index in [1.165, 1.54) is 5.56 Å². The van der Waals surface area contributed by atoms with Gasteiger partial charge in [-0.3, -0.25) is 4.79 Å². The Kier molecular flexibility index (Phi) is 5.81. The molecule has 0 amide bonds. The number of piperidine rings is 1. The van der Waals surface area contributed by atoms with Crippen molar-refractivity contribution in [2.45, 2.75) is 19.3 Å². The molecule has 0 aliphatic carbocycles. The van der Waals surface area contributed by atoms with Gasteiger partial charge in [0, 0.05) is 18.0 Å². The van der Waals surface area contributed by atoms with Crippen molar-refractivity contribution in [2.75, 3.05) is 40.0 Å². The number of hydrogen-bond acceptors (Lipinski definition) is 5. The van der Waals surface area contributed by atoms with Gasteiger partial charge in [-0.05, 0) is 68.2 Å². The minimum Gasteiger partial charge on any atom is -0.497 e. The Labute approximate surface area is 166 Å². The summed E-state index contributed by atoms with van der Waals surface area (Å²) in [7, 11) is 1.69. The lowest BCUT2D eigenvalue weighted by Crippen LogP contribution is -2.37. The number of carbonyl (C=O) groups excluding carboxylic acids is 1. The standard InChI is InChI=1S/C23H27NO4/c1-26-20-5-2-17(3-6-20)8-11-24-12-9-18(10-13-24)23(25)19-4-7-21-22(16-19)28-15-14-27-21/h2-7,16,18H,8-15H2,1H3. The molecule has 0 aromatic heterocycles. The Morgan fingerprint density at radius 3 is 2.46 bits per heavy atom. The molecule has 5 nitrogen and oxygen atoms in total. The number of hydrogen-bond donors (Lipinski definition) is 0. The predicted octanol–water partition coefficient (Wildman–Crippen LogP) is 3.60. The number of benzene rings is 2. The summed E-state index contributed by atoms with van der Waals surface area (Å²) in [5.74, 6) is 2.64. The molecule has 2 aliphatic rings. The van der Waals surface area contributed by atoms with E-state index < -0.39 is 0 Å². The molecule has 0 bridgehead atoms. The van der Waals surface area contributed by atoms with Gasteiger partial charge < -0.3 is 19.1 Å². The summed E-state index contributed by atoms with van der Waals surface area (Å²) in [6, 6.07) is 13.8. The molecule has 1 saturated heterocycles. The van der Waals surface area contributed by atoms with Crippen LogP contribution >= 0.6 is 0 Å². The van der Waals surface area contributed by atoms with Crippen LogP contribution in [0.1, 0.15) is 28.8 Å². The van der Waals surface area contributed by atoms with Gasteiger partial charge in [0.2, 0.25) is 0 Å². The van der Waals surface area contributed by atoms with Crippen LogP contribution in [0.4, 0.5) is 0 Å². The fraction of sp³-hybridized carbons (Fsp3) is 0.435. The first-order chi connectivity index (χ1) is 13.7. The lowest BCUT2D eigenvalue weighted by atomic mass is 9.88. The van der Waals surface area contributed by atoms with Gasteiger partial charge in [-0.15, -0.1) is 0 Å². The Balaban J connectivity index is 1.28. The third-order valence-corrected chi connectivity index (χ3v) is 5.66. The fourth-order valence-electron chi connectivity index (χ4n) is 3.93. The summed E-state index contributed by atoms with van der Waals surface area (Å²) in [5, 5.41) is 0. The van der Waals surface area contributed by atoms with E-state index in [-0.39, 0.29) is 11.7 Å². The number of Topliss-reactive ketones (excluding diaryl/α,β-unsaturated/α-hetero) is 1. The largest absolute Gasteiger partial charge is 0.497 e. The van der Waals surface area contributed by atoms with E-state index in [1.807, 2.05) is 30.3 Å². The quantitative estimate of drug-likeness (QED) is 0.716. The summed E-state index contributed by atoms with van der Waals surface area (Å²) in [6.07, 6.45) is 2.84. The van der Waals surface area contributed by atoms with Gasteiger partial charge in [-0.1, -0.05) is 12.1 Å². The zero-order valence-corrected chi connectivity index (χ0v) is 16.4. The third kappa shape index (κ3) is 4.30. The van der Waals surface area contributed by atoms with Crippen LogP contribution in [-0.2, 0) is 6.42 Å². The minimum absolute atomic E-state index is 0.0970. The summed E-state index contributed by atoms with van der Waals surface area (Å²) in [4.78, 5) is 15.4. The van der Waals surface area contributed by atoms with Gasteiger partial charge in [0.05, 0.1) is 7.11 Å². The highest BCUT2D eigenvalue weighted by atomic mass is 16.6. The monoisotopic (exact) mass is 381 g/mol.